The summed E-state index contributed by atoms with van der Waals surface area (Å²) in [5.74, 6) is 1.81. The van der Waals surface area contributed by atoms with Crippen molar-refractivity contribution in [2.45, 2.75) is 0 Å². The summed E-state index contributed by atoms with van der Waals surface area (Å²) in [7, 11) is 0. The van der Waals surface area contributed by atoms with Gasteiger partial charge in [0.25, 0.3) is 0 Å². The number of pyridine rings is 1. The summed E-state index contributed by atoms with van der Waals surface area (Å²) < 4.78 is 8.24. The van der Waals surface area contributed by atoms with Crippen molar-refractivity contribution in [3.63, 3.8) is 0 Å². The largest absolute Gasteiger partial charge is 0.456 e. The summed E-state index contributed by atoms with van der Waals surface area (Å²) >= 11 is 0. The highest BCUT2D eigenvalue weighted by Gasteiger charge is 2.18. The Morgan fingerprint density at radius 1 is 0.477 bits per heavy atom. The zero-order chi connectivity index (χ0) is 29.0. The Bertz CT molecular complexity index is 2440. The van der Waals surface area contributed by atoms with Gasteiger partial charge in [-0.2, -0.15) is 9.97 Å². The lowest BCUT2D eigenvalue weighted by molar-refractivity contribution is 0.668. The lowest BCUT2D eigenvalue weighted by Crippen LogP contribution is -2.06. The fourth-order valence-electron chi connectivity index (χ4n) is 6.16. The average molecular weight is 566 g/mol. The summed E-state index contributed by atoms with van der Waals surface area (Å²) in [4.78, 5) is 19.4. The molecule has 0 bridgehead atoms. The van der Waals surface area contributed by atoms with E-state index in [9.17, 15) is 0 Å². The minimum Gasteiger partial charge on any atom is -0.456 e. The molecular weight excluding hydrogens is 542 g/mol. The van der Waals surface area contributed by atoms with Crippen LogP contribution < -0.4 is 0 Å². The molecule has 0 aliphatic carbocycles. The monoisotopic (exact) mass is 565 g/mol. The molecule has 6 nitrogen and oxygen atoms in total. The maximum Gasteiger partial charge on any atom is 0.238 e. The topological polar surface area (TPSA) is 69.6 Å². The second-order valence-corrected chi connectivity index (χ2v) is 10.7. The lowest BCUT2D eigenvalue weighted by Gasteiger charge is -2.11. The molecule has 206 valence electrons. The molecule has 0 amide bonds. The van der Waals surface area contributed by atoms with Crippen molar-refractivity contribution in [2.75, 3.05) is 0 Å². The van der Waals surface area contributed by atoms with E-state index >= 15 is 0 Å². The zero-order valence-electron chi connectivity index (χ0n) is 23.4. The molecule has 0 saturated heterocycles. The highest BCUT2D eigenvalue weighted by atomic mass is 16.3. The number of hydrogen-bond acceptors (Lipinski definition) is 5. The normalized spacial score (nSPS) is 11.6. The van der Waals surface area contributed by atoms with Gasteiger partial charge in [-0.1, -0.05) is 103 Å². The molecule has 0 saturated carbocycles. The van der Waals surface area contributed by atoms with Crippen molar-refractivity contribution in [3.05, 3.63) is 140 Å². The van der Waals surface area contributed by atoms with Gasteiger partial charge in [0.1, 0.15) is 11.2 Å². The van der Waals surface area contributed by atoms with E-state index in [4.69, 9.17) is 19.4 Å². The molecule has 0 aliphatic heterocycles. The molecule has 0 radical (unpaired) electrons. The Balaban J connectivity index is 1.23. The molecule has 0 N–H and O–H groups in total. The average Bonchev–Trinajstić information content (AvgIpc) is 3.65. The Morgan fingerprint density at radius 3 is 1.84 bits per heavy atom. The third-order valence-corrected chi connectivity index (χ3v) is 8.19. The van der Waals surface area contributed by atoms with Crippen molar-refractivity contribution in [1.29, 1.82) is 0 Å². The van der Waals surface area contributed by atoms with Crippen LogP contribution in [0.2, 0.25) is 0 Å². The van der Waals surface area contributed by atoms with E-state index in [2.05, 4.69) is 88.4 Å². The molecular formula is C38H23N5O. The minimum absolute atomic E-state index is 0.581. The number of benzene rings is 5. The molecule has 0 fully saturated rings. The molecule has 0 unspecified atom stereocenters. The minimum atomic E-state index is 0.581. The van der Waals surface area contributed by atoms with Crippen LogP contribution in [0.25, 0.3) is 83.6 Å². The van der Waals surface area contributed by atoms with Gasteiger partial charge >= 0.3 is 0 Å². The molecule has 9 rings (SSSR count). The molecule has 0 atom stereocenters. The van der Waals surface area contributed by atoms with Crippen molar-refractivity contribution >= 4 is 43.7 Å². The van der Waals surface area contributed by atoms with Crippen LogP contribution >= 0.6 is 0 Å². The van der Waals surface area contributed by atoms with E-state index in [1.54, 1.807) is 6.20 Å². The van der Waals surface area contributed by atoms with Crippen LogP contribution in [0.1, 0.15) is 0 Å². The van der Waals surface area contributed by atoms with E-state index in [1.165, 1.54) is 0 Å². The summed E-state index contributed by atoms with van der Waals surface area (Å²) in [6.45, 7) is 0. The van der Waals surface area contributed by atoms with Crippen LogP contribution in [0.15, 0.2) is 144 Å². The fraction of sp³-hybridized carbons (Fsp3) is 0. The van der Waals surface area contributed by atoms with E-state index < -0.39 is 0 Å². The van der Waals surface area contributed by atoms with Crippen molar-refractivity contribution in [1.82, 2.24) is 24.5 Å². The standard InChI is InChI=1S/C38H23N5O/c1-2-9-25(10-3-1)36-40-37(42-38(41-36)43-31-14-6-4-11-28(31)29-12-5-7-15-32(29)43)26-19-17-24(18-20-26)27-13-8-16-34-35(27)30-23-39-22-21-33(30)44-34/h1-23H. The van der Waals surface area contributed by atoms with E-state index in [0.717, 1.165) is 66.0 Å². The van der Waals surface area contributed by atoms with Gasteiger partial charge in [0.15, 0.2) is 11.6 Å². The van der Waals surface area contributed by atoms with Gasteiger partial charge < -0.3 is 4.42 Å². The Kier molecular flexibility index (Phi) is 5.40. The van der Waals surface area contributed by atoms with Gasteiger partial charge in [-0.25, -0.2) is 4.98 Å². The van der Waals surface area contributed by atoms with Crippen LogP contribution in [0.5, 0.6) is 0 Å². The number of furan rings is 1. The predicted octanol–water partition coefficient (Wildman–Crippen LogP) is 9.26. The number of nitrogens with zero attached hydrogens (tertiary/aromatic N) is 5. The lowest BCUT2D eigenvalue weighted by atomic mass is 9.99. The van der Waals surface area contributed by atoms with Crippen LogP contribution in [0, 0.1) is 0 Å². The van der Waals surface area contributed by atoms with E-state index in [-0.39, 0.29) is 0 Å². The van der Waals surface area contributed by atoms with Crippen LogP contribution in [-0.4, -0.2) is 24.5 Å². The van der Waals surface area contributed by atoms with E-state index in [1.807, 2.05) is 54.7 Å². The molecule has 44 heavy (non-hydrogen) atoms. The highest BCUT2D eigenvalue weighted by Crippen LogP contribution is 2.37. The molecule has 9 aromatic rings. The molecule has 4 heterocycles. The van der Waals surface area contributed by atoms with Gasteiger partial charge in [0.05, 0.1) is 11.0 Å². The van der Waals surface area contributed by atoms with E-state index in [0.29, 0.717) is 17.6 Å². The maximum absolute atomic E-state index is 6.10. The third-order valence-electron chi connectivity index (χ3n) is 8.19. The SMILES string of the molecule is c1ccc(-c2nc(-c3ccc(-c4cccc5oc6ccncc6c45)cc3)nc(-n3c4ccccc4c4ccccc43)n2)cc1. The molecule has 0 spiro atoms. The van der Waals surface area contributed by atoms with Gasteiger partial charge in [-0.3, -0.25) is 9.55 Å². The molecule has 6 heteroatoms. The van der Waals surface area contributed by atoms with Crippen molar-refractivity contribution in [2.24, 2.45) is 0 Å². The second-order valence-electron chi connectivity index (χ2n) is 10.7. The summed E-state index contributed by atoms with van der Waals surface area (Å²) in [6, 6.07) is 43.3. The predicted molar refractivity (Wildman–Crippen MR) is 176 cm³/mol. The van der Waals surface area contributed by atoms with Crippen LogP contribution in [0.4, 0.5) is 0 Å². The quantitative estimate of drug-likeness (QED) is 0.213. The molecule has 5 aromatic carbocycles. The first-order valence-electron chi connectivity index (χ1n) is 14.5. The van der Waals surface area contributed by atoms with Gasteiger partial charge in [-0.15, -0.1) is 0 Å². The first kappa shape index (κ1) is 24.5. The van der Waals surface area contributed by atoms with Gasteiger partial charge in [0, 0.05) is 45.1 Å². The number of para-hydroxylation sites is 2. The van der Waals surface area contributed by atoms with Crippen molar-refractivity contribution in [3.8, 4) is 39.9 Å². The van der Waals surface area contributed by atoms with Crippen LogP contribution in [-0.2, 0) is 0 Å². The first-order chi connectivity index (χ1) is 21.8. The summed E-state index contributed by atoms with van der Waals surface area (Å²) in [6.07, 6.45) is 3.62. The molecule has 4 aromatic heterocycles. The number of rotatable bonds is 4. The van der Waals surface area contributed by atoms with Crippen LogP contribution in [0.3, 0.4) is 0 Å². The Hall–Kier alpha value is -6.14. The van der Waals surface area contributed by atoms with Crippen molar-refractivity contribution < 1.29 is 4.42 Å². The Labute approximate surface area is 251 Å². The van der Waals surface area contributed by atoms with Gasteiger partial charge in [-0.05, 0) is 35.4 Å². The zero-order valence-corrected chi connectivity index (χ0v) is 23.4. The maximum atomic E-state index is 6.10. The first-order valence-corrected chi connectivity index (χ1v) is 14.5. The highest BCUT2D eigenvalue weighted by molar-refractivity contribution is 6.12. The summed E-state index contributed by atoms with van der Waals surface area (Å²) in [5.41, 5.74) is 7.78. The fourth-order valence-corrected chi connectivity index (χ4v) is 6.16. The number of fused-ring (bicyclic) bond motifs is 6. The second kappa shape index (κ2) is 9.71. The van der Waals surface area contributed by atoms with Gasteiger partial charge in [0.2, 0.25) is 5.95 Å². The third kappa shape index (κ3) is 3.82. The smallest absolute Gasteiger partial charge is 0.238 e. The number of aromatic nitrogens is 5. The number of hydrogen-bond donors (Lipinski definition) is 0. The molecule has 0 aliphatic rings. The Morgan fingerprint density at radius 2 is 1.11 bits per heavy atom. The summed E-state index contributed by atoms with van der Waals surface area (Å²) in [5, 5.41) is 4.38.